The van der Waals surface area contributed by atoms with Crippen LogP contribution in [0.4, 0.5) is 10.1 Å². The first kappa shape index (κ1) is 12.8. The molecule has 0 amide bonds. The molecule has 20 heavy (non-hydrogen) atoms. The van der Waals surface area contributed by atoms with Gasteiger partial charge in [0, 0.05) is 15.9 Å². The van der Waals surface area contributed by atoms with Crippen molar-refractivity contribution in [3.63, 3.8) is 0 Å². The second kappa shape index (κ2) is 5.03. The molecule has 0 N–H and O–H groups in total. The molecule has 0 saturated heterocycles. The lowest BCUT2D eigenvalue weighted by Gasteiger charge is -2.26. The molecule has 0 radical (unpaired) electrons. The van der Waals surface area contributed by atoms with Crippen molar-refractivity contribution < 1.29 is 4.39 Å². The Morgan fingerprint density at radius 3 is 2.60 bits per heavy atom. The molecule has 4 heteroatoms. The van der Waals surface area contributed by atoms with Crippen LogP contribution in [0.15, 0.2) is 52.8 Å². The maximum atomic E-state index is 13.0. The fourth-order valence-electron chi connectivity index (χ4n) is 2.13. The zero-order chi connectivity index (χ0) is 14.1. The van der Waals surface area contributed by atoms with Crippen LogP contribution in [-0.4, -0.2) is 0 Å². The van der Waals surface area contributed by atoms with E-state index < -0.39 is 0 Å². The zero-order valence-corrected chi connectivity index (χ0v) is 11.6. The topological polar surface area (TPSA) is 27.0 Å². The fraction of sp³-hybridized carbons (Fsp3) is 0.0625. The average Bonchev–Trinajstić information content (AvgIpc) is 2.46. The number of hydrogen-bond donors (Lipinski definition) is 0. The summed E-state index contributed by atoms with van der Waals surface area (Å²) in [6, 6.07) is 12.2. The van der Waals surface area contributed by atoms with Gasteiger partial charge in [0.15, 0.2) is 6.19 Å². The molecular formula is C16H11FN2S. The summed E-state index contributed by atoms with van der Waals surface area (Å²) in [6.45, 7) is 2.02. The highest BCUT2D eigenvalue weighted by Gasteiger charge is 2.21. The molecule has 1 heterocycles. The van der Waals surface area contributed by atoms with Crippen LogP contribution in [0.1, 0.15) is 11.1 Å². The zero-order valence-electron chi connectivity index (χ0n) is 10.8. The molecule has 0 aliphatic carbocycles. The Morgan fingerprint density at radius 1 is 1.15 bits per heavy atom. The summed E-state index contributed by atoms with van der Waals surface area (Å²) < 4.78 is 13.0. The van der Waals surface area contributed by atoms with E-state index in [9.17, 15) is 9.65 Å². The SMILES string of the molecule is Cc1ccc2c(c1)SC=C(c1ccc(F)cc1)N2C#N. The molecule has 0 unspecified atom stereocenters. The lowest BCUT2D eigenvalue weighted by atomic mass is 10.1. The molecule has 2 nitrogen and oxygen atoms in total. The molecule has 0 spiro atoms. The lowest BCUT2D eigenvalue weighted by molar-refractivity contribution is 0.627. The second-order valence-electron chi connectivity index (χ2n) is 4.53. The van der Waals surface area contributed by atoms with Crippen molar-refractivity contribution in [2.75, 3.05) is 4.90 Å². The summed E-state index contributed by atoms with van der Waals surface area (Å²) in [5, 5.41) is 11.4. The second-order valence-corrected chi connectivity index (χ2v) is 5.45. The Morgan fingerprint density at radius 2 is 1.90 bits per heavy atom. The smallest absolute Gasteiger partial charge is 0.189 e. The molecule has 0 fully saturated rings. The van der Waals surface area contributed by atoms with Gasteiger partial charge in [-0.2, -0.15) is 5.26 Å². The summed E-state index contributed by atoms with van der Waals surface area (Å²) in [6.07, 6.45) is 2.20. The molecular weight excluding hydrogens is 271 g/mol. The number of thioether (sulfide) groups is 1. The minimum Gasteiger partial charge on any atom is -0.245 e. The number of aryl methyl sites for hydroxylation is 1. The summed E-state index contributed by atoms with van der Waals surface area (Å²) >= 11 is 1.58. The van der Waals surface area contributed by atoms with Crippen LogP contribution in [0.2, 0.25) is 0 Å². The lowest BCUT2D eigenvalue weighted by Crippen LogP contribution is -2.17. The van der Waals surface area contributed by atoms with Gasteiger partial charge in [0.05, 0.1) is 11.4 Å². The fourth-order valence-corrected chi connectivity index (χ4v) is 3.14. The van der Waals surface area contributed by atoms with Gasteiger partial charge in [-0.3, -0.25) is 0 Å². The van der Waals surface area contributed by atoms with Gasteiger partial charge in [-0.1, -0.05) is 17.8 Å². The van der Waals surface area contributed by atoms with Gasteiger partial charge in [-0.15, -0.1) is 0 Å². The van der Waals surface area contributed by atoms with Crippen LogP contribution in [0, 0.1) is 24.2 Å². The number of nitriles is 1. The quantitative estimate of drug-likeness (QED) is 0.719. The van der Waals surface area contributed by atoms with E-state index in [1.54, 1.807) is 28.8 Å². The van der Waals surface area contributed by atoms with E-state index in [1.807, 2.05) is 24.5 Å². The first-order valence-corrected chi connectivity index (χ1v) is 7.00. The number of nitrogens with zero attached hydrogens (tertiary/aromatic N) is 2. The Hall–Kier alpha value is -2.25. The van der Waals surface area contributed by atoms with Gasteiger partial charge in [0.2, 0.25) is 0 Å². The van der Waals surface area contributed by atoms with Crippen LogP contribution >= 0.6 is 11.8 Å². The Labute approximate surface area is 121 Å². The number of anilines is 1. The number of hydrogen-bond acceptors (Lipinski definition) is 3. The Bertz CT molecular complexity index is 729. The highest BCUT2D eigenvalue weighted by atomic mass is 32.2. The van der Waals surface area contributed by atoms with Gasteiger partial charge in [0.1, 0.15) is 5.82 Å². The number of fused-ring (bicyclic) bond motifs is 1. The van der Waals surface area contributed by atoms with Crippen LogP contribution in [0.5, 0.6) is 0 Å². The molecule has 0 aromatic heterocycles. The standard InChI is InChI=1S/C16H11FN2S/c1-11-2-7-14-16(8-11)20-9-15(19(14)10-18)12-3-5-13(17)6-4-12/h2-9H,1H3. The molecule has 1 aliphatic rings. The van der Waals surface area contributed by atoms with Crippen molar-refractivity contribution >= 4 is 23.1 Å². The van der Waals surface area contributed by atoms with E-state index >= 15 is 0 Å². The van der Waals surface area contributed by atoms with E-state index in [1.165, 1.54) is 12.1 Å². The third-order valence-corrected chi connectivity index (χ3v) is 4.06. The van der Waals surface area contributed by atoms with Crippen molar-refractivity contribution in [2.45, 2.75) is 11.8 Å². The molecule has 2 aromatic carbocycles. The third-order valence-electron chi connectivity index (χ3n) is 3.13. The largest absolute Gasteiger partial charge is 0.245 e. The summed E-state index contributed by atoms with van der Waals surface area (Å²) in [5.41, 5.74) is 3.62. The predicted molar refractivity (Wildman–Crippen MR) is 79.5 cm³/mol. The van der Waals surface area contributed by atoms with Gasteiger partial charge >= 0.3 is 0 Å². The number of rotatable bonds is 1. The maximum absolute atomic E-state index is 13.0. The highest BCUT2D eigenvalue weighted by molar-refractivity contribution is 8.02. The van der Waals surface area contributed by atoms with Gasteiger partial charge in [-0.05, 0) is 48.9 Å². The van der Waals surface area contributed by atoms with E-state index in [2.05, 4.69) is 12.3 Å². The first-order valence-electron chi connectivity index (χ1n) is 6.12. The maximum Gasteiger partial charge on any atom is 0.189 e. The Kier molecular flexibility index (Phi) is 3.21. The number of benzene rings is 2. The molecule has 98 valence electrons. The van der Waals surface area contributed by atoms with Gasteiger partial charge < -0.3 is 0 Å². The molecule has 3 rings (SSSR count). The molecule has 0 bridgehead atoms. The van der Waals surface area contributed by atoms with Crippen LogP contribution in [0.25, 0.3) is 5.70 Å². The van der Waals surface area contributed by atoms with Crippen molar-refractivity contribution in [3.05, 3.63) is 64.8 Å². The van der Waals surface area contributed by atoms with Gasteiger partial charge in [-0.25, -0.2) is 9.29 Å². The van der Waals surface area contributed by atoms with E-state index in [0.29, 0.717) is 0 Å². The minimum absolute atomic E-state index is 0.280. The summed E-state index contributed by atoms with van der Waals surface area (Å²) in [5.74, 6) is -0.280. The van der Waals surface area contributed by atoms with Crippen molar-refractivity contribution in [3.8, 4) is 6.19 Å². The van der Waals surface area contributed by atoms with Crippen LogP contribution in [0.3, 0.4) is 0 Å². The molecule has 2 aromatic rings. The minimum atomic E-state index is -0.280. The van der Waals surface area contributed by atoms with E-state index in [4.69, 9.17) is 0 Å². The van der Waals surface area contributed by atoms with Crippen molar-refractivity contribution in [1.82, 2.24) is 0 Å². The molecule has 1 aliphatic heterocycles. The van der Waals surface area contributed by atoms with Crippen molar-refractivity contribution in [2.24, 2.45) is 0 Å². The van der Waals surface area contributed by atoms with E-state index in [-0.39, 0.29) is 5.82 Å². The van der Waals surface area contributed by atoms with Gasteiger partial charge in [0.25, 0.3) is 0 Å². The summed E-state index contributed by atoms with van der Waals surface area (Å²) in [7, 11) is 0. The van der Waals surface area contributed by atoms with Crippen LogP contribution in [-0.2, 0) is 0 Å². The number of halogens is 1. The Balaban J connectivity index is 2.07. The predicted octanol–water partition coefficient (Wildman–Crippen LogP) is 4.53. The first-order chi connectivity index (χ1) is 9.69. The monoisotopic (exact) mass is 282 g/mol. The third kappa shape index (κ3) is 2.17. The molecule has 0 saturated carbocycles. The van der Waals surface area contributed by atoms with Crippen LogP contribution < -0.4 is 4.90 Å². The highest BCUT2D eigenvalue weighted by Crippen LogP contribution is 2.41. The normalized spacial score (nSPS) is 13.4. The molecule has 0 atom stereocenters. The van der Waals surface area contributed by atoms with Crippen molar-refractivity contribution in [1.29, 1.82) is 5.26 Å². The average molecular weight is 282 g/mol. The summed E-state index contributed by atoms with van der Waals surface area (Å²) in [4.78, 5) is 2.64. The van der Waals surface area contributed by atoms with E-state index in [0.717, 1.165) is 27.4 Å².